The average molecular weight is 496 g/mol. The van der Waals surface area contributed by atoms with E-state index in [9.17, 15) is 24.6 Å². The summed E-state index contributed by atoms with van der Waals surface area (Å²) in [5.74, 6) is 0.452. The van der Waals surface area contributed by atoms with Gasteiger partial charge in [0.05, 0.1) is 22.3 Å². The van der Waals surface area contributed by atoms with Gasteiger partial charge in [-0.05, 0) is 51.8 Å². The lowest BCUT2D eigenvalue weighted by atomic mass is 9.96. The maximum atomic E-state index is 13.1. The molecule has 1 aromatic carbocycles. The predicted molar refractivity (Wildman–Crippen MR) is 136 cm³/mol. The number of aliphatic hydroxyl groups is 1. The van der Waals surface area contributed by atoms with Gasteiger partial charge in [-0.25, -0.2) is 9.78 Å². The monoisotopic (exact) mass is 495 g/mol. The number of fused-ring (bicyclic) bond motifs is 3. The molecule has 36 heavy (non-hydrogen) atoms. The van der Waals surface area contributed by atoms with E-state index in [2.05, 4.69) is 0 Å². The minimum atomic E-state index is -1.03. The fourth-order valence-corrected chi connectivity index (χ4v) is 4.93. The second kappa shape index (κ2) is 9.77. The molecule has 3 aromatic rings. The van der Waals surface area contributed by atoms with E-state index in [1.165, 1.54) is 15.9 Å². The number of aryl methyl sites for hydroxylation is 3. The van der Waals surface area contributed by atoms with Crippen molar-refractivity contribution < 1.29 is 19.8 Å². The van der Waals surface area contributed by atoms with Gasteiger partial charge in [0.1, 0.15) is 12.4 Å². The highest BCUT2D eigenvalue weighted by molar-refractivity contribution is 5.95. The topological polar surface area (TPSA) is 121 Å². The van der Waals surface area contributed by atoms with E-state index in [1.54, 1.807) is 49.9 Å². The Balaban J connectivity index is 1.76. The second-order valence-corrected chi connectivity index (χ2v) is 10.1. The first kappa shape index (κ1) is 25.4. The summed E-state index contributed by atoms with van der Waals surface area (Å²) in [7, 11) is 1.65. The van der Waals surface area contributed by atoms with Crippen molar-refractivity contribution in [1.29, 1.82) is 0 Å². The lowest BCUT2D eigenvalue weighted by Gasteiger charge is -2.33. The zero-order chi connectivity index (χ0) is 26.2. The lowest BCUT2D eigenvalue weighted by molar-refractivity contribution is -0.133. The average Bonchev–Trinajstić information content (AvgIpc) is 3.14. The largest absolute Gasteiger partial charge is 0.465 e. The van der Waals surface area contributed by atoms with Crippen LogP contribution in [0.4, 0.5) is 10.5 Å². The van der Waals surface area contributed by atoms with E-state index < -0.39 is 11.7 Å². The second-order valence-electron chi connectivity index (χ2n) is 10.1. The molecule has 4 rings (SSSR count). The third kappa shape index (κ3) is 5.13. The van der Waals surface area contributed by atoms with E-state index >= 15 is 0 Å². The number of carbonyl (C=O) groups excluding carboxylic acids is 1. The standard InChI is InChI=1S/C26H33N5O5/c1-17-8-9-18-19(31(17)25(34)35)10-11-20-24(18)27-21(12-14-29-13-6-5-7-22(29)32)30(20)15-23(33)28(4)16-26(2,3)36/h5-7,10-11,13,17,36H,8-9,12,14-16H2,1-4H3,(H,34,35)/t17-/m0/s1. The fraction of sp³-hybridized carbons (Fsp3) is 0.462. The summed E-state index contributed by atoms with van der Waals surface area (Å²) in [4.78, 5) is 45.0. The van der Waals surface area contributed by atoms with Crippen molar-refractivity contribution in [2.24, 2.45) is 0 Å². The summed E-state index contributed by atoms with van der Waals surface area (Å²) in [6.45, 7) is 5.76. The van der Waals surface area contributed by atoms with E-state index in [1.807, 2.05) is 17.6 Å². The molecule has 0 spiro atoms. The van der Waals surface area contributed by atoms with Crippen LogP contribution in [0.1, 0.15) is 38.6 Å². The molecule has 1 atom stereocenters. The maximum Gasteiger partial charge on any atom is 0.412 e. The van der Waals surface area contributed by atoms with Crippen molar-refractivity contribution in [3.63, 3.8) is 0 Å². The Labute approximate surface area is 209 Å². The molecule has 0 saturated carbocycles. The highest BCUT2D eigenvalue weighted by Gasteiger charge is 2.31. The van der Waals surface area contributed by atoms with Crippen LogP contribution in [-0.4, -0.2) is 66.5 Å². The van der Waals surface area contributed by atoms with Crippen LogP contribution in [0.2, 0.25) is 0 Å². The Kier molecular flexibility index (Phi) is 6.90. The van der Waals surface area contributed by atoms with E-state index in [4.69, 9.17) is 4.98 Å². The molecular weight excluding hydrogens is 462 g/mol. The van der Waals surface area contributed by atoms with Crippen LogP contribution >= 0.6 is 0 Å². The van der Waals surface area contributed by atoms with Crippen molar-refractivity contribution in [2.75, 3.05) is 18.5 Å². The van der Waals surface area contributed by atoms with Crippen molar-refractivity contribution in [3.05, 3.63) is 58.3 Å². The summed E-state index contributed by atoms with van der Waals surface area (Å²) >= 11 is 0. The number of aromatic nitrogens is 3. The number of carboxylic acid groups (broad SMARTS) is 1. The van der Waals surface area contributed by atoms with Crippen LogP contribution < -0.4 is 10.5 Å². The fourth-order valence-electron chi connectivity index (χ4n) is 4.93. The molecule has 10 nitrogen and oxygen atoms in total. The Hall–Kier alpha value is -3.66. The summed E-state index contributed by atoms with van der Waals surface area (Å²) in [5, 5.41) is 19.9. The number of carbonyl (C=O) groups is 2. The minimum Gasteiger partial charge on any atom is -0.465 e. The molecule has 192 valence electrons. The van der Waals surface area contributed by atoms with Crippen LogP contribution in [0.3, 0.4) is 0 Å². The smallest absolute Gasteiger partial charge is 0.412 e. The van der Waals surface area contributed by atoms with E-state index in [0.717, 1.165) is 11.1 Å². The molecule has 2 N–H and O–H groups in total. The Morgan fingerprint density at radius 1 is 1.22 bits per heavy atom. The van der Waals surface area contributed by atoms with Crippen molar-refractivity contribution in [2.45, 2.75) is 64.8 Å². The molecule has 10 heteroatoms. The molecule has 0 fully saturated rings. The van der Waals surface area contributed by atoms with Gasteiger partial charge in [0.25, 0.3) is 5.56 Å². The quantitative estimate of drug-likeness (QED) is 0.520. The first-order valence-electron chi connectivity index (χ1n) is 12.1. The first-order chi connectivity index (χ1) is 17.0. The van der Waals surface area contributed by atoms with E-state index in [-0.39, 0.29) is 30.6 Å². The first-order valence-corrected chi connectivity index (χ1v) is 12.1. The molecule has 0 bridgehead atoms. The van der Waals surface area contributed by atoms with Crippen LogP contribution in [0, 0.1) is 0 Å². The van der Waals surface area contributed by atoms with Gasteiger partial charge in [-0.1, -0.05) is 6.07 Å². The molecule has 0 aliphatic carbocycles. The van der Waals surface area contributed by atoms with Crippen LogP contribution in [0.5, 0.6) is 0 Å². The van der Waals surface area contributed by atoms with Crippen LogP contribution in [0.15, 0.2) is 41.3 Å². The third-order valence-electron chi connectivity index (χ3n) is 6.62. The molecule has 1 aliphatic rings. The molecule has 0 saturated heterocycles. The molecule has 2 aromatic heterocycles. The number of nitrogens with zero attached hydrogens (tertiary/aromatic N) is 5. The van der Waals surface area contributed by atoms with Crippen molar-refractivity contribution in [3.8, 4) is 0 Å². The molecular formula is C26H33N5O5. The summed E-state index contributed by atoms with van der Waals surface area (Å²) in [6.07, 6.45) is 2.47. The SMILES string of the molecule is C[C@H]1CCc2c(ccc3c2nc(CCn2ccccc2=O)n3CC(=O)N(C)CC(C)(C)O)N1C(=O)O. The van der Waals surface area contributed by atoms with Crippen LogP contribution in [0.25, 0.3) is 11.0 Å². The zero-order valence-electron chi connectivity index (χ0n) is 21.1. The highest BCUT2D eigenvalue weighted by atomic mass is 16.4. The maximum absolute atomic E-state index is 13.1. The number of pyridine rings is 1. The van der Waals surface area contributed by atoms with Crippen molar-refractivity contribution in [1.82, 2.24) is 19.0 Å². The number of likely N-dealkylation sites (N-methyl/N-ethyl adjacent to an activating group) is 1. The number of benzene rings is 1. The van der Waals surface area contributed by atoms with Gasteiger partial charge in [-0.15, -0.1) is 0 Å². The van der Waals surface area contributed by atoms with Gasteiger partial charge in [0.2, 0.25) is 5.91 Å². The highest BCUT2D eigenvalue weighted by Crippen LogP contribution is 2.36. The number of hydrogen-bond donors (Lipinski definition) is 2. The van der Waals surface area contributed by atoms with Gasteiger partial charge in [0.15, 0.2) is 0 Å². The number of anilines is 1. The van der Waals surface area contributed by atoms with Crippen molar-refractivity contribution >= 4 is 28.7 Å². The predicted octanol–water partition coefficient (Wildman–Crippen LogP) is 2.49. The third-order valence-corrected chi connectivity index (χ3v) is 6.62. The Bertz CT molecular complexity index is 1350. The van der Waals surface area contributed by atoms with E-state index in [0.29, 0.717) is 42.8 Å². The van der Waals surface area contributed by atoms with Gasteiger partial charge < -0.3 is 24.2 Å². The number of amides is 2. The van der Waals surface area contributed by atoms with Gasteiger partial charge in [0, 0.05) is 50.4 Å². The minimum absolute atomic E-state index is 0.0138. The summed E-state index contributed by atoms with van der Waals surface area (Å²) in [5.41, 5.74) is 1.74. The summed E-state index contributed by atoms with van der Waals surface area (Å²) in [6, 6.07) is 8.43. The number of imidazole rings is 1. The molecule has 0 unspecified atom stereocenters. The van der Waals surface area contributed by atoms with Gasteiger partial charge in [-0.2, -0.15) is 0 Å². The molecule has 1 aliphatic heterocycles. The summed E-state index contributed by atoms with van der Waals surface area (Å²) < 4.78 is 3.44. The molecule has 3 heterocycles. The zero-order valence-corrected chi connectivity index (χ0v) is 21.1. The van der Waals surface area contributed by atoms with Gasteiger partial charge in [-0.3, -0.25) is 14.5 Å². The Morgan fingerprint density at radius 3 is 2.64 bits per heavy atom. The molecule has 2 amide bonds. The normalized spacial score (nSPS) is 15.7. The van der Waals surface area contributed by atoms with Gasteiger partial charge >= 0.3 is 6.09 Å². The number of hydrogen-bond acceptors (Lipinski definition) is 5. The number of rotatable bonds is 7. The van der Waals surface area contributed by atoms with Crippen LogP contribution in [-0.2, 0) is 30.7 Å². The molecule has 0 radical (unpaired) electrons. The Morgan fingerprint density at radius 2 is 1.97 bits per heavy atom. The lowest BCUT2D eigenvalue weighted by Crippen LogP contribution is -2.41.